The molecule has 0 aromatic heterocycles. The van der Waals surface area contributed by atoms with Crippen molar-refractivity contribution in [3.05, 3.63) is 28.8 Å². The molecule has 1 aliphatic heterocycles. The van der Waals surface area contributed by atoms with Gasteiger partial charge in [0.1, 0.15) is 5.75 Å². The molecular weight excluding hydrogens is 364 g/mol. The zero-order valence-corrected chi connectivity index (χ0v) is 18.0. The van der Waals surface area contributed by atoms with E-state index < -0.39 is 10.0 Å². The van der Waals surface area contributed by atoms with E-state index >= 15 is 0 Å². The van der Waals surface area contributed by atoms with Gasteiger partial charge >= 0.3 is 0 Å². The van der Waals surface area contributed by atoms with Crippen molar-refractivity contribution in [3.8, 4) is 5.75 Å². The van der Waals surface area contributed by atoms with Crippen LogP contribution in [-0.2, 0) is 14.8 Å². The van der Waals surface area contributed by atoms with Crippen LogP contribution in [0.2, 0.25) is 0 Å². The summed E-state index contributed by atoms with van der Waals surface area (Å²) in [6.07, 6.45) is 2.62. The molecule has 0 unspecified atom stereocenters. The Labute approximate surface area is 163 Å². The average molecular weight is 397 g/mol. The van der Waals surface area contributed by atoms with E-state index in [1.54, 1.807) is 7.11 Å². The number of rotatable bonds is 6. The number of methoxy groups -OCH3 is 1. The molecule has 1 heterocycles. The van der Waals surface area contributed by atoms with Crippen LogP contribution in [0.4, 0.5) is 0 Å². The summed E-state index contributed by atoms with van der Waals surface area (Å²) >= 11 is 0. The molecule has 1 aliphatic rings. The zero-order valence-electron chi connectivity index (χ0n) is 17.2. The topological polar surface area (TPSA) is 75.7 Å². The van der Waals surface area contributed by atoms with Crippen molar-refractivity contribution in [1.82, 2.24) is 9.62 Å². The highest BCUT2D eigenvalue weighted by Gasteiger charge is 2.31. The van der Waals surface area contributed by atoms with Crippen LogP contribution in [0.25, 0.3) is 0 Å². The molecule has 152 valence electrons. The number of piperidine rings is 1. The summed E-state index contributed by atoms with van der Waals surface area (Å²) in [7, 11) is -1.59. The number of sulfonamides is 1. The number of hydrogen-bond acceptors (Lipinski definition) is 4. The molecule has 7 heteroatoms. The van der Waals surface area contributed by atoms with Crippen molar-refractivity contribution in [2.75, 3.05) is 26.5 Å². The first kappa shape index (κ1) is 21.7. The number of amides is 1. The van der Waals surface area contributed by atoms with Gasteiger partial charge in [-0.05, 0) is 61.4 Å². The molecule has 1 amide bonds. The second kappa shape index (κ2) is 8.61. The van der Waals surface area contributed by atoms with Crippen molar-refractivity contribution in [1.29, 1.82) is 0 Å². The SMILES string of the molecule is COc1cc(C)c([C@H](C)NC(=O)[C@H]2CCCN(S(C)(=O)=O)C2)cc1C(C)C. The maximum atomic E-state index is 12.8. The minimum absolute atomic E-state index is 0.0860. The lowest BCUT2D eigenvalue weighted by Gasteiger charge is -2.31. The van der Waals surface area contributed by atoms with Crippen LogP contribution in [0, 0.1) is 12.8 Å². The second-order valence-electron chi connectivity index (χ2n) is 7.80. The van der Waals surface area contributed by atoms with Gasteiger partial charge in [0, 0.05) is 13.1 Å². The van der Waals surface area contributed by atoms with Crippen LogP contribution >= 0.6 is 0 Å². The number of aryl methyl sites for hydroxylation is 1. The van der Waals surface area contributed by atoms with E-state index in [-0.39, 0.29) is 24.4 Å². The monoisotopic (exact) mass is 396 g/mol. The lowest BCUT2D eigenvalue weighted by Crippen LogP contribution is -2.45. The second-order valence-corrected chi connectivity index (χ2v) is 9.78. The van der Waals surface area contributed by atoms with E-state index in [0.717, 1.165) is 22.4 Å². The lowest BCUT2D eigenvalue weighted by atomic mass is 9.92. The highest BCUT2D eigenvalue weighted by atomic mass is 32.2. The summed E-state index contributed by atoms with van der Waals surface area (Å²) in [5.74, 6) is 0.779. The van der Waals surface area contributed by atoms with E-state index in [2.05, 4.69) is 25.2 Å². The standard InChI is InChI=1S/C20H32N2O4S/c1-13(2)17-11-18(14(3)10-19(17)26-5)15(4)21-20(23)16-8-7-9-22(12-16)27(6,24)25/h10-11,13,15-16H,7-9,12H2,1-6H3,(H,21,23)/t15-,16-/m0/s1. The molecule has 1 saturated heterocycles. The number of nitrogens with zero attached hydrogens (tertiary/aromatic N) is 1. The predicted molar refractivity (Wildman–Crippen MR) is 108 cm³/mol. The van der Waals surface area contributed by atoms with E-state index in [9.17, 15) is 13.2 Å². The molecule has 0 radical (unpaired) electrons. The largest absolute Gasteiger partial charge is 0.496 e. The van der Waals surface area contributed by atoms with Crippen molar-refractivity contribution in [2.45, 2.75) is 52.5 Å². The van der Waals surface area contributed by atoms with Crippen molar-refractivity contribution < 1.29 is 17.9 Å². The van der Waals surface area contributed by atoms with Gasteiger partial charge in [-0.2, -0.15) is 0 Å². The third-order valence-corrected chi connectivity index (χ3v) is 6.56. The van der Waals surface area contributed by atoms with Gasteiger partial charge < -0.3 is 10.1 Å². The highest BCUT2D eigenvalue weighted by Crippen LogP contribution is 2.32. The third kappa shape index (κ3) is 5.23. The fourth-order valence-corrected chi connectivity index (χ4v) is 4.59. The van der Waals surface area contributed by atoms with Crippen LogP contribution < -0.4 is 10.1 Å². The maximum absolute atomic E-state index is 12.8. The summed E-state index contributed by atoms with van der Waals surface area (Å²) in [6, 6.07) is 3.96. The Morgan fingerprint density at radius 1 is 1.26 bits per heavy atom. The van der Waals surface area contributed by atoms with Gasteiger partial charge in [0.15, 0.2) is 0 Å². The molecule has 1 aromatic rings. The molecule has 0 spiro atoms. The highest BCUT2D eigenvalue weighted by molar-refractivity contribution is 7.88. The Hall–Kier alpha value is -1.60. The number of nitrogens with one attached hydrogen (secondary N) is 1. The molecule has 0 aliphatic carbocycles. The fourth-order valence-electron chi connectivity index (χ4n) is 3.68. The van der Waals surface area contributed by atoms with Crippen LogP contribution in [0.1, 0.15) is 62.3 Å². The summed E-state index contributed by atoms with van der Waals surface area (Å²) in [5, 5.41) is 3.08. The number of ether oxygens (including phenoxy) is 1. The molecule has 1 fully saturated rings. The summed E-state index contributed by atoms with van der Waals surface area (Å²) < 4.78 is 30.5. The predicted octanol–water partition coefficient (Wildman–Crippen LogP) is 2.98. The Kier molecular flexibility index (Phi) is 6.92. The molecule has 1 aromatic carbocycles. The van der Waals surface area contributed by atoms with E-state index in [0.29, 0.717) is 25.3 Å². The Bertz CT molecular complexity index is 789. The summed E-state index contributed by atoms with van der Waals surface area (Å²) in [4.78, 5) is 12.8. The van der Waals surface area contributed by atoms with Gasteiger partial charge in [0.25, 0.3) is 0 Å². The van der Waals surface area contributed by atoms with Crippen molar-refractivity contribution >= 4 is 15.9 Å². The molecule has 2 atom stereocenters. The van der Waals surface area contributed by atoms with Gasteiger partial charge in [-0.15, -0.1) is 0 Å². The van der Waals surface area contributed by atoms with Gasteiger partial charge in [-0.1, -0.05) is 13.8 Å². The Morgan fingerprint density at radius 2 is 1.93 bits per heavy atom. The molecule has 0 bridgehead atoms. The molecule has 27 heavy (non-hydrogen) atoms. The van der Waals surface area contributed by atoms with Gasteiger partial charge in [-0.25, -0.2) is 12.7 Å². The molecule has 0 saturated carbocycles. The first-order valence-corrected chi connectivity index (χ1v) is 11.3. The lowest BCUT2D eigenvalue weighted by molar-refractivity contribution is -0.126. The number of hydrogen-bond donors (Lipinski definition) is 1. The molecular formula is C20H32N2O4S. The third-order valence-electron chi connectivity index (χ3n) is 5.29. The van der Waals surface area contributed by atoms with Crippen LogP contribution in [0.5, 0.6) is 5.75 Å². The van der Waals surface area contributed by atoms with E-state index in [1.807, 2.05) is 19.9 Å². The number of benzene rings is 1. The first-order chi connectivity index (χ1) is 12.5. The summed E-state index contributed by atoms with van der Waals surface area (Å²) in [6.45, 7) is 8.96. The maximum Gasteiger partial charge on any atom is 0.224 e. The first-order valence-electron chi connectivity index (χ1n) is 9.48. The number of carbonyl (C=O) groups excluding carboxylic acids is 1. The molecule has 2 rings (SSSR count). The minimum Gasteiger partial charge on any atom is -0.496 e. The zero-order chi connectivity index (χ0) is 20.4. The van der Waals surface area contributed by atoms with Gasteiger partial charge in [-0.3, -0.25) is 4.79 Å². The molecule has 6 nitrogen and oxygen atoms in total. The number of carbonyl (C=O) groups is 1. The fraction of sp³-hybridized carbons (Fsp3) is 0.650. The Balaban J connectivity index is 2.16. The Morgan fingerprint density at radius 3 is 2.48 bits per heavy atom. The van der Waals surface area contributed by atoms with Gasteiger partial charge in [0.2, 0.25) is 15.9 Å². The van der Waals surface area contributed by atoms with Crippen molar-refractivity contribution in [3.63, 3.8) is 0 Å². The van der Waals surface area contributed by atoms with Crippen LogP contribution in [0.3, 0.4) is 0 Å². The van der Waals surface area contributed by atoms with Crippen LogP contribution in [-0.4, -0.2) is 45.1 Å². The average Bonchev–Trinajstić information content (AvgIpc) is 2.60. The normalized spacial score (nSPS) is 19.7. The van der Waals surface area contributed by atoms with E-state index in [1.165, 1.54) is 10.6 Å². The minimum atomic E-state index is -3.26. The summed E-state index contributed by atoms with van der Waals surface area (Å²) in [5.41, 5.74) is 3.23. The smallest absolute Gasteiger partial charge is 0.224 e. The van der Waals surface area contributed by atoms with Crippen molar-refractivity contribution in [2.24, 2.45) is 5.92 Å². The molecule has 1 N–H and O–H groups in total. The van der Waals surface area contributed by atoms with E-state index in [4.69, 9.17) is 4.74 Å². The van der Waals surface area contributed by atoms with Gasteiger partial charge in [0.05, 0.1) is 25.3 Å². The quantitative estimate of drug-likeness (QED) is 0.802. The van der Waals surface area contributed by atoms with Crippen LogP contribution in [0.15, 0.2) is 12.1 Å².